The van der Waals surface area contributed by atoms with Crippen LogP contribution in [0.15, 0.2) is 11.6 Å². The van der Waals surface area contributed by atoms with Crippen molar-refractivity contribution >= 4 is 5.97 Å². The fraction of sp³-hybridized carbons (Fsp3) is 0.769. The van der Waals surface area contributed by atoms with Gasteiger partial charge < -0.3 is 9.64 Å². The summed E-state index contributed by atoms with van der Waals surface area (Å²) in [6.07, 6.45) is 8.48. The zero-order valence-corrected chi connectivity index (χ0v) is 10.7. The second-order valence-electron chi connectivity index (χ2n) is 4.82. The first-order chi connectivity index (χ1) is 7.63. The maximum atomic E-state index is 11.6. The minimum Gasteiger partial charge on any atom is -0.466 e. The van der Waals surface area contributed by atoms with Crippen LogP contribution < -0.4 is 0 Å². The number of likely N-dealkylation sites (N-methyl/N-ethyl adjacent to an activating group) is 1. The van der Waals surface area contributed by atoms with Crippen molar-refractivity contribution in [2.24, 2.45) is 5.92 Å². The second-order valence-corrected chi connectivity index (χ2v) is 4.82. The number of rotatable bonds is 4. The molecule has 0 aliphatic heterocycles. The van der Waals surface area contributed by atoms with Gasteiger partial charge in [0.2, 0.25) is 0 Å². The van der Waals surface area contributed by atoms with E-state index in [2.05, 4.69) is 6.08 Å². The molecule has 0 aromatic rings. The van der Waals surface area contributed by atoms with E-state index >= 15 is 0 Å². The molecular weight excluding hydrogens is 202 g/mol. The summed E-state index contributed by atoms with van der Waals surface area (Å²) in [7, 11) is 5.39. The third-order valence-electron chi connectivity index (χ3n) is 3.02. The van der Waals surface area contributed by atoms with Gasteiger partial charge in [-0.1, -0.05) is 25.3 Å². The van der Waals surface area contributed by atoms with Gasteiger partial charge in [0.1, 0.15) is 0 Å². The lowest BCUT2D eigenvalue weighted by molar-refractivity contribution is -0.136. The van der Waals surface area contributed by atoms with Crippen LogP contribution in [0.1, 0.15) is 32.1 Å². The molecule has 1 rings (SSSR count). The van der Waals surface area contributed by atoms with E-state index in [1.165, 1.54) is 39.2 Å². The van der Waals surface area contributed by atoms with Crippen LogP contribution in [0.5, 0.6) is 0 Å². The first-order valence-electron chi connectivity index (χ1n) is 6.07. The van der Waals surface area contributed by atoms with Crippen LogP contribution in [-0.2, 0) is 9.53 Å². The zero-order chi connectivity index (χ0) is 12.0. The van der Waals surface area contributed by atoms with Crippen LogP contribution in [0.3, 0.4) is 0 Å². The highest BCUT2D eigenvalue weighted by Gasteiger charge is 2.16. The molecule has 3 nitrogen and oxygen atoms in total. The van der Waals surface area contributed by atoms with E-state index in [1.807, 2.05) is 19.0 Å². The van der Waals surface area contributed by atoms with E-state index < -0.39 is 0 Å². The Bertz CT molecular complexity index is 253. The van der Waals surface area contributed by atoms with Gasteiger partial charge in [-0.25, -0.2) is 4.79 Å². The van der Waals surface area contributed by atoms with Gasteiger partial charge in [-0.2, -0.15) is 0 Å². The fourth-order valence-corrected chi connectivity index (χ4v) is 2.24. The molecule has 16 heavy (non-hydrogen) atoms. The lowest BCUT2D eigenvalue weighted by Gasteiger charge is -2.20. The second kappa shape index (κ2) is 6.69. The van der Waals surface area contributed by atoms with Crippen molar-refractivity contribution in [1.29, 1.82) is 0 Å². The lowest BCUT2D eigenvalue weighted by Crippen LogP contribution is -2.22. The molecule has 0 aromatic carbocycles. The normalized spacial score (nSPS) is 18.9. The molecule has 1 aliphatic carbocycles. The quantitative estimate of drug-likeness (QED) is 0.543. The third-order valence-corrected chi connectivity index (χ3v) is 3.02. The number of ether oxygens (including phenoxy) is 1. The Morgan fingerprint density at radius 2 is 1.94 bits per heavy atom. The monoisotopic (exact) mass is 225 g/mol. The number of hydrogen-bond donors (Lipinski definition) is 0. The van der Waals surface area contributed by atoms with Crippen LogP contribution in [-0.4, -0.2) is 38.6 Å². The van der Waals surface area contributed by atoms with Crippen molar-refractivity contribution in [2.45, 2.75) is 32.1 Å². The minimum absolute atomic E-state index is 0.181. The van der Waals surface area contributed by atoms with Crippen molar-refractivity contribution in [3.63, 3.8) is 0 Å². The Labute approximate surface area is 98.5 Å². The van der Waals surface area contributed by atoms with Crippen LogP contribution in [0.2, 0.25) is 0 Å². The maximum absolute atomic E-state index is 11.6. The lowest BCUT2D eigenvalue weighted by atomic mass is 9.88. The van der Waals surface area contributed by atoms with Crippen molar-refractivity contribution in [3.8, 4) is 0 Å². The number of carbonyl (C=O) groups is 1. The molecule has 0 heterocycles. The van der Waals surface area contributed by atoms with Gasteiger partial charge in [0.25, 0.3) is 0 Å². The molecule has 1 saturated carbocycles. The molecule has 0 radical (unpaired) electrons. The number of carbonyl (C=O) groups excluding carboxylic acids is 1. The molecule has 92 valence electrons. The fourth-order valence-electron chi connectivity index (χ4n) is 2.24. The molecule has 0 unspecified atom stereocenters. The van der Waals surface area contributed by atoms with Gasteiger partial charge in [0.15, 0.2) is 0 Å². The predicted octanol–water partition coefficient (Wildman–Crippen LogP) is 2.23. The van der Waals surface area contributed by atoms with Crippen molar-refractivity contribution < 1.29 is 9.53 Å². The summed E-state index contributed by atoms with van der Waals surface area (Å²) in [4.78, 5) is 13.6. The smallest absolute Gasteiger partial charge is 0.334 e. The molecule has 0 saturated heterocycles. The first kappa shape index (κ1) is 13.2. The summed E-state index contributed by atoms with van der Waals surface area (Å²) in [5.41, 5.74) is 0.805. The molecule has 0 aromatic heterocycles. The summed E-state index contributed by atoms with van der Waals surface area (Å²) in [6, 6.07) is 0. The highest BCUT2D eigenvalue weighted by atomic mass is 16.5. The Balaban J connectivity index is 2.65. The molecule has 0 atom stereocenters. The number of esters is 1. The highest BCUT2D eigenvalue weighted by Crippen LogP contribution is 2.25. The number of hydrogen-bond acceptors (Lipinski definition) is 3. The summed E-state index contributed by atoms with van der Waals surface area (Å²) < 4.78 is 4.82. The van der Waals surface area contributed by atoms with Gasteiger partial charge in [0, 0.05) is 12.1 Å². The van der Waals surface area contributed by atoms with Gasteiger partial charge >= 0.3 is 5.97 Å². The summed E-state index contributed by atoms with van der Waals surface area (Å²) in [5.74, 6) is 0.391. The van der Waals surface area contributed by atoms with E-state index in [1.54, 1.807) is 0 Å². The first-order valence-corrected chi connectivity index (χ1v) is 6.07. The number of methoxy groups -OCH3 is 1. The average Bonchev–Trinajstić information content (AvgIpc) is 2.28. The molecule has 0 spiro atoms. The largest absolute Gasteiger partial charge is 0.466 e. The van der Waals surface area contributed by atoms with E-state index in [0.29, 0.717) is 12.5 Å². The standard InChI is InChI=1S/C13H23NO2/c1-14(2)10-12(13(15)16-3)9-11-7-5-4-6-8-11/h9,11H,4-8,10H2,1-3H3/b12-9+. The third kappa shape index (κ3) is 4.35. The van der Waals surface area contributed by atoms with Crippen LogP contribution in [0.4, 0.5) is 0 Å². The van der Waals surface area contributed by atoms with E-state index in [-0.39, 0.29) is 5.97 Å². The van der Waals surface area contributed by atoms with Crippen LogP contribution in [0.25, 0.3) is 0 Å². The number of allylic oxidation sites excluding steroid dienone is 1. The van der Waals surface area contributed by atoms with Gasteiger partial charge in [-0.3, -0.25) is 0 Å². The van der Waals surface area contributed by atoms with E-state index in [0.717, 1.165) is 5.57 Å². The van der Waals surface area contributed by atoms with Gasteiger partial charge in [-0.15, -0.1) is 0 Å². The van der Waals surface area contributed by atoms with Crippen molar-refractivity contribution in [3.05, 3.63) is 11.6 Å². The Hall–Kier alpha value is -0.830. The molecule has 0 bridgehead atoms. The topological polar surface area (TPSA) is 29.5 Å². The maximum Gasteiger partial charge on any atom is 0.334 e. The zero-order valence-electron chi connectivity index (χ0n) is 10.7. The molecule has 0 N–H and O–H groups in total. The molecular formula is C13H23NO2. The predicted molar refractivity (Wildman–Crippen MR) is 65.2 cm³/mol. The Kier molecular flexibility index (Phi) is 5.53. The summed E-state index contributed by atoms with van der Waals surface area (Å²) in [6.45, 7) is 0.670. The SMILES string of the molecule is COC(=O)/C(=C/C1CCCCC1)CN(C)C. The van der Waals surface area contributed by atoms with Crippen LogP contribution >= 0.6 is 0 Å². The summed E-state index contributed by atoms with van der Waals surface area (Å²) >= 11 is 0. The van der Waals surface area contributed by atoms with E-state index in [4.69, 9.17) is 4.74 Å². The van der Waals surface area contributed by atoms with Crippen LogP contribution in [0, 0.1) is 5.92 Å². The summed E-state index contributed by atoms with van der Waals surface area (Å²) in [5, 5.41) is 0. The van der Waals surface area contributed by atoms with Crippen molar-refractivity contribution in [2.75, 3.05) is 27.7 Å². The Morgan fingerprint density at radius 3 is 2.44 bits per heavy atom. The average molecular weight is 225 g/mol. The van der Waals surface area contributed by atoms with Gasteiger partial charge in [-0.05, 0) is 32.9 Å². The molecule has 1 aliphatic rings. The van der Waals surface area contributed by atoms with Gasteiger partial charge in [0.05, 0.1) is 7.11 Å². The van der Waals surface area contributed by atoms with Crippen molar-refractivity contribution in [1.82, 2.24) is 4.90 Å². The molecule has 0 amide bonds. The minimum atomic E-state index is -0.181. The Morgan fingerprint density at radius 1 is 1.31 bits per heavy atom. The number of nitrogens with zero attached hydrogens (tertiary/aromatic N) is 1. The van der Waals surface area contributed by atoms with E-state index in [9.17, 15) is 4.79 Å². The highest BCUT2D eigenvalue weighted by molar-refractivity contribution is 5.88. The molecule has 1 fully saturated rings. The molecule has 3 heteroatoms.